The van der Waals surface area contributed by atoms with E-state index in [2.05, 4.69) is 0 Å². The van der Waals surface area contributed by atoms with Crippen LogP contribution < -0.4 is 0 Å². The standard InChI is InChI=1S/C9H5F3O2/c10-8-6(4-14)2-1-5(3-13)7(8)9(11)12/h1-4,9H. The Balaban J connectivity index is 3.46. The molecule has 0 aliphatic heterocycles. The fourth-order valence-corrected chi connectivity index (χ4v) is 1.04. The summed E-state index contributed by atoms with van der Waals surface area (Å²) in [4.78, 5) is 20.5. The first-order chi connectivity index (χ1) is 6.61. The SMILES string of the molecule is O=Cc1ccc(C=O)c(C(F)F)c1F. The van der Waals surface area contributed by atoms with E-state index in [1.807, 2.05) is 0 Å². The lowest BCUT2D eigenvalue weighted by atomic mass is 10.0. The highest BCUT2D eigenvalue weighted by atomic mass is 19.3. The van der Waals surface area contributed by atoms with Gasteiger partial charge in [-0.1, -0.05) is 6.07 Å². The van der Waals surface area contributed by atoms with Crippen LogP contribution >= 0.6 is 0 Å². The number of alkyl halides is 2. The van der Waals surface area contributed by atoms with Gasteiger partial charge in [-0.3, -0.25) is 9.59 Å². The molecule has 2 nitrogen and oxygen atoms in total. The normalized spacial score (nSPS) is 10.3. The smallest absolute Gasteiger partial charge is 0.267 e. The van der Waals surface area contributed by atoms with Gasteiger partial charge in [0.15, 0.2) is 12.6 Å². The third kappa shape index (κ3) is 1.66. The molecule has 0 atom stereocenters. The van der Waals surface area contributed by atoms with Gasteiger partial charge in [0.05, 0.1) is 11.1 Å². The molecule has 0 N–H and O–H groups in total. The first kappa shape index (κ1) is 10.4. The van der Waals surface area contributed by atoms with Gasteiger partial charge in [0.1, 0.15) is 5.82 Å². The molecule has 74 valence electrons. The van der Waals surface area contributed by atoms with Crippen LogP contribution in [0.1, 0.15) is 32.7 Å². The van der Waals surface area contributed by atoms with E-state index in [4.69, 9.17) is 0 Å². The van der Waals surface area contributed by atoms with Crippen molar-refractivity contribution in [1.29, 1.82) is 0 Å². The molecule has 1 aromatic carbocycles. The number of halogens is 3. The predicted octanol–water partition coefficient (Wildman–Crippen LogP) is 2.39. The number of carbonyl (C=O) groups is 2. The summed E-state index contributed by atoms with van der Waals surface area (Å²) in [5.41, 5.74) is -1.95. The number of rotatable bonds is 3. The van der Waals surface area contributed by atoms with Crippen molar-refractivity contribution in [3.05, 3.63) is 34.6 Å². The minimum absolute atomic E-state index is 0.121. The fourth-order valence-electron chi connectivity index (χ4n) is 1.04. The van der Waals surface area contributed by atoms with Crippen LogP contribution in [-0.4, -0.2) is 12.6 Å². The average Bonchev–Trinajstić information content (AvgIpc) is 2.16. The van der Waals surface area contributed by atoms with Gasteiger partial charge < -0.3 is 0 Å². The lowest BCUT2D eigenvalue weighted by Crippen LogP contribution is -2.01. The van der Waals surface area contributed by atoms with Crippen molar-refractivity contribution in [2.45, 2.75) is 6.43 Å². The third-order valence-corrected chi connectivity index (χ3v) is 1.72. The van der Waals surface area contributed by atoms with Crippen LogP contribution in [0.5, 0.6) is 0 Å². The van der Waals surface area contributed by atoms with Crippen LogP contribution in [0.2, 0.25) is 0 Å². The van der Waals surface area contributed by atoms with Crippen LogP contribution in [0.25, 0.3) is 0 Å². The van der Waals surface area contributed by atoms with E-state index in [0.29, 0.717) is 0 Å². The number of hydrogen-bond acceptors (Lipinski definition) is 2. The van der Waals surface area contributed by atoms with Crippen LogP contribution in [0.15, 0.2) is 12.1 Å². The summed E-state index contributed by atoms with van der Waals surface area (Å²) in [5, 5.41) is 0. The second kappa shape index (κ2) is 4.04. The maximum atomic E-state index is 13.1. The number of benzene rings is 1. The molecule has 0 radical (unpaired) electrons. The quantitative estimate of drug-likeness (QED) is 0.705. The lowest BCUT2D eigenvalue weighted by molar-refractivity contribution is 0.109. The van der Waals surface area contributed by atoms with Gasteiger partial charge in [0.2, 0.25) is 0 Å². The molecule has 0 saturated carbocycles. The minimum Gasteiger partial charge on any atom is -0.298 e. The summed E-state index contributed by atoms with van der Waals surface area (Å²) in [6.07, 6.45) is -2.87. The van der Waals surface area contributed by atoms with Crippen molar-refractivity contribution >= 4 is 12.6 Å². The molecule has 1 rings (SSSR count). The summed E-state index contributed by atoms with van der Waals surface area (Å²) in [6, 6.07) is 1.97. The van der Waals surface area contributed by atoms with E-state index in [1.165, 1.54) is 0 Å². The van der Waals surface area contributed by atoms with Crippen molar-refractivity contribution in [3.8, 4) is 0 Å². The van der Waals surface area contributed by atoms with Crippen LogP contribution in [0.4, 0.5) is 13.2 Å². The Morgan fingerprint density at radius 2 is 1.57 bits per heavy atom. The zero-order chi connectivity index (χ0) is 10.7. The van der Waals surface area contributed by atoms with Gasteiger partial charge in [0.25, 0.3) is 6.43 Å². The molecule has 14 heavy (non-hydrogen) atoms. The molecule has 0 aliphatic carbocycles. The molecule has 0 spiro atoms. The monoisotopic (exact) mass is 202 g/mol. The molecule has 0 fully saturated rings. The van der Waals surface area contributed by atoms with E-state index >= 15 is 0 Å². The molecule has 0 heterocycles. The highest BCUT2D eigenvalue weighted by Gasteiger charge is 2.20. The Bertz CT molecular complexity index is 375. The first-order valence-electron chi connectivity index (χ1n) is 3.62. The van der Waals surface area contributed by atoms with Crippen molar-refractivity contribution in [1.82, 2.24) is 0 Å². The van der Waals surface area contributed by atoms with E-state index in [0.717, 1.165) is 12.1 Å². The van der Waals surface area contributed by atoms with Gasteiger partial charge in [-0.25, -0.2) is 13.2 Å². The first-order valence-corrected chi connectivity index (χ1v) is 3.62. The number of hydrogen-bond donors (Lipinski definition) is 0. The molecular formula is C9H5F3O2. The van der Waals surface area contributed by atoms with Crippen molar-refractivity contribution < 1.29 is 22.8 Å². The Morgan fingerprint density at radius 1 is 1.07 bits per heavy atom. The zero-order valence-corrected chi connectivity index (χ0v) is 6.84. The van der Waals surface area contributed by atoms with Crippen LogP contribution in [-0.2, 0) is 0 Å². The summed E-state index contributed by atoms with van der Waals surface area (Å²) in [5.74, 6) is -1.33. The Labute approximate surface area is 77.3 Å². The fraction of sp³-hybridized carbons (Fsp3) is 0.111. The van der Waals surface area contributed by atoms with E-state index < -0.39 is 28.9 Å². The second-order valence-electron chi connectivity index (χ2n) is 2.51. The van der Waals surface area contributed by atoms with Gasteiger partial charge in [-0.2, -0.15) is 0 Å². The van der Waals surface area contributed by atoms with Gasteiger partial charge in [0, 0.05) is 5.56 Å². The van der Waals surface area contributed by atoms with Crippen molar-refractivity contribution in [2.24, 2.45) is 0 Å². The summed E-state index contributed by atoms with van der Waals surface area (Å²) in [6.45, 7) is 0. The van der Waals surface area contributed by atoms with Crippen molar-refractivity contribution in [3.63, 3.8) is 0 Å². The van der Waals surface area contributed by atoms with Gasteiger partial charge in [-0.15, -0.1) is 0 Å². The Morgan fingerprint density at radius 3 is 2.00 bits per heavy atom. The molecule has 0 amide bonds. The summed E-state index contributed by atoms with van der Waals surface area (Å²) in [7, 11) is 0. The highest BCUT2D eigenvalue weighted by Crippen LogP contribution is 2.26. The molecule has 0 bridgehead atoms. The highest BCUT2D eigenvalue weighted by molar-refractivity contribution is 5.82. The molecule has 0 unspecified atom stereocenters. The van der Waals surface area contributed by atoms with E-state index in [1.54, 1.807) is 0 Å². The minimum atomic E-state index is -3.12. The third-order valence-electron chi connectivity index (χ3n) is 1.72. The average molecular weight is 202 g/mol. The van der Waals surface area contributed by atoms with Gasteiger partial charge in [-0.05, 0) is 6.07 Å². The maximum absolute atomic E-state index is 13.1. The second-order valence-corrected chi connectivity index (χ2v) is 2.51. The van der Waals surface area contributed by atoms with E-state index in [9.17, 15) is 22.8 Å². The largest absolute Gasteiger partial charge is 0.298 e. The van der Waals surface area contributed by atoms with Crippen LogP contribution in [0, 0.1) is 5.82 Å². The summed E-state index contributed by atoms with van der Waals surface area (Å²) >= 11 is 0. The molecule has 0 aliphatic rings. The molecule has 1 aromatic rings. The molecule has 0 aromatic heterocycles. The maximum Gasteiger partial charge on any atom is 0.267 e. The predicted molar refractivity (Wildman–Crippen MR) is 42.1 cm³/mol. The van der Waals surface area contributed by atoms with E-state index in [-0.39, 0.29) is 12.6 Å². The summed E-state index contributed by atoms with van der Waals surface area (Å²) < 4.78 is 37.7. The van der Waals surface area contributed by atoms with Gasteiger partial charge >= 0.3 is 0 Å². The molecular weight excluding hydrogens is 197 g/mol. The Kier molecular flexibility index (Phi) is 3.01. The number of aldehydes is 2. The van der Waals surface area contributed by atoms with Crippen LogP contribution in [0.3, 0.4) is 0 Å². The number of carbonyl (C=O) groups excluding carboxylic acids is 2. The topological polar surface area (TPSA) is 34.1 Å². The zero-order valence-electron chi connectivity index (χ0n) is 6.84. The molecule has 5 heteroatoms. The lowest BCUT2D eigenvalue weighted by Gasteiger charge is -2.06. The van der Waals surface area contributed by atoms with Crippen molar-refractivity contribution in [2.75, 3.05) is 0 Å². The Hall–Kier alpha value is -1.65. The molecule has 0 saturated heterocycles.